The van der Waals surface area contributed by atoms with Crippen molar-refractivity contribution in [3.8, 4) is 0 Å². The van der Waals surface area contributed by atoms with E-state index in [9.17, 15) is 0 Å². The zero-order chi connectivity index (χ0) is 11.7. The third-order valence-electron chi connectivity index (χ3n) is 3.51. The van der Waals surface area contributed by atoms with Crippen LogP contribution >= 0.6 is 11.3 Å². The van der Waals surface area contributed by atoms with Gasteiger partial charge in [-0.1, -0.05) is 6.07 Å². The molecule has 0 spiro atoms. The molecule has 1 saturated heterocycles. The van der Waals surface area contributed by atoms with Crippen LogP contribution in [0.1, 0.15) is 23.4 Å². The first-order valence-electron chi connectivity index (χ1n) is 6.38. The van der Waals surface area contributed by atoms with Gasteiger partial charge in [0.25, 0.3) is 0 Å². The third kappa shape index (κ3) is 2.50. The summed E-state index contributed by atoms with van der Waals surface area (Å²) >= 11 is 1.87. The van der Waals surface area contributed by atoms with E-state index in [0.29, 0.717) is 0 Å². The number of aryl methyl sites for hydroxylation is 1. The van der Waals surface area contributed by atoms with Crippen LogP contribution in [0, 0.1) is 12.8 Å². The predicted octanol–water partition coefficient (Wildman–Crippen LogP) is 3.15. The van der Waals surface area contributed by atoms with Crippen LogP contribution in [-0.2, 0) is 6.42 Å². The highest BCUT2D eigenvalue weighted by Gasteiger charge is 2.15. The smallest absolute Gasteiger partial charge is 0.0941 e. The molecule has 0 aliphatic carbocycles. The summed E-state index contributed by atoms with van der Waals surface area (Å²) in [4.78, 5) is 4.77. The Balaban J connectivity index is 1.80. The molecule has 1 N–H and O–H groups in total. The van der Waals surface area contributed by atoms with Crippen molar-refractivity contribution in [3.63, 3.8) is 0 Å². The zero-order valence-electron chi connectivity index (χ0n) is 10.2. The summed E-state index contributed by atoms with van der Waals surface area (Å²) < 4.78 is 1.33. The average Bonchev–Trinajstić information content (AvgIpc) is 2.71. The fraction of sp³-hybridized carbons (Fsp3) is 0.500. The summed E-state index contributed by atoms with van der Waals surface area (Å²) in [6.07, 6.45) is 3.77. The Kier molecular flexibility index (Phi) is 3.12. The zero-order valence-corrected chi connectivity index (χ0v) is 11.0. The Morgan fingerprint density at radius 1 is 1.35 bits per heavy atom. The van der Waals surface area contributed by atoms with Crippen molar-refractivity contribution in [1.82, 2.24) is 10.3 Å². The number of hydrogen-bond acceptors (Lipinski definition) is 3. The summed E-state index contributed by atoms with van der Waals surface area (Å²) in [6, 6.07) is 6.57. The van der Waals surface area contributed by atoms with E-state index >= 15 is 0 Å². The number of rotatable bonds is 2. The third-order valence-corrected chi connectivity index (χ3v) is 4.57. The molecular formula is C14H18N2S. The van der Waals surface area contributed by atoms with Crippen molar-refractivity contribution < 1.29 is 0 Å². The maximum atomic E-state index is 4.77. The molecular weight excluding hydrogens is 228 g/mol. The summed E-state index contributed by atoms with van der Waals surface area (Å²) in [5.74, 6) is 0.831. The molecule has 0 unspecified atom stereocenters. The molecule has 0 saturated carbocycles. The molecule has 90 valence electrons. The Labute approximate surface area is 106 Å². The molecule has 3 heteroatoms. The molecule has 1 aromatic carbocycles. The summed E-state index contributed by atoms with van der Waals surface area (Å²) in [5.41, 5.74) is 2.48. The molecule has 17 heavy (non-hydrogen) atoms. The standard InChI is InChI=1S/C14H18N2S/c1-10-2-3-13-12(8-10)16-14(17-13)9-11-4-6-15-7-5-11/h2-3,8,11,15H,4-7,9H2,1H3. The molecule has 1 aliphatic rings. The van der Waals surface area contributed by atoms with Gasteiger partial charge in [-0.25, -0.2) is 4.98 Å². The topological polar surface area (TPSA) is 24.9 Å². The van der Waals surface area contributed by atoms with Gasteiger partial charge >= 0.3 is 0 Å². The van der Waals surface area contributed by atoms with E-state index in [4.69, 9.17) is 4.98 Å². The van der Waals surface area contributed by atoms with Gasteiger partial charge in [0.05, 0.1) is 15.2 Å². The van der Waals surface area contributed by atoms with E-state index in [1.165, 1.54) is 53.1 Å². The number of hydrogen-bond donors (Lipinski definition) is 1. The SMILES string of the molecule is Cc1ccc2sc(CC3CCNCC3)nc2c1. The van der Waals surface area contributed by atoms with E-state index in [1.807, 2.05) is 11.3 Å². The molecule has 0 bridgehead atoms. The van der Waals surface area contributed by atoms with Crippen LogP contribution in [0.25, 0.3) is 10.2 Å². The summed E-state index contributed by atoms with van der Waals surface area (Å²) in [5, 5.41) is 4.73. The normalized spacial score (nSPS) is 17.7. The molecule has 1 fully saturated rings. The van der Waals surface area contributed by atoms with Crippen LogP contribution in [0.5, 0.6) is 0 Å². The number of piperidine rings is 1. The van der Waals surface area contributed by atoms with Gasteiger partial charge in [-0.15, -0.1) is 11.3 Å². The first kappa shape index (κ1) is 11.2. The van der Waals surface area contributed by atoms with Crippen LogP contribution in [0.15, 0.2) is 18.2 Å². The quantitative estimate of drug-likeness (QED) is 0.880. The Hall–Kier alpha value is -0.930. The van der Waals surface area contributed by atoms with Crippen LogP contribution in [-0.4, -0.2) is 18.1 Å². The molecule has 2 aromatic rings. The van der Waals surface area contributed by atoms with Crippen LogP contribution < -0.4 is 5.32 Å². The highest BCUT2D eigenvalue weighted by molar-refractivity contribution is 7.18. The maximum absolute atomic E-state index is 4.77. The van der Waals surface area contributed by atoms with Crippen LogP contribution in [0.4, 0.5) is 0 Å². The van der Waals surface area contributed by atoms with Gasteiger partial charge in [-0.3, -0.25) is 0 Å². The second-order valence-corrected chi connectivity index (χ2v) is 6.09. The van der Waals surface area contributed by atoms with E-state index in [2.05, 4.69) is 30.4 Å². The van der Waals surface area contributed by atoms with Gasteiger partial charge in [0, 0.05) is 6.42 Å². The second-order valence-electron chi connectivity index (χ2n) is 4.98. The fourth-order valence-corrected chi connectivity index (χ4v) is 3.57. The number of nitrogens with one attached hydrogen (secondary N) is 1. The minimum atomic E-state index is 0.831. The number of nitrogens with zero attached hydrogens (tertiary/aromatic N) is 1. The number of aromatic nitrogens is 1. The van der Waals surface area contributed by atoms with Crippen molar-refractivity contribution in [2.45, 2.75) is 26.2 Å². The van der Waals surface area contributed by atoms with Crippen molar-refractivity contribution >= 4 is 21.6 Å². The van der Waals surface area contributed by atoms with E-state index < -0.39 is 0 Å². The molecule has 3 rings (SSSR count). The lowest BCUT2D eigenvalue weighted by atomic mass is 9.95. The molecule has 2 nitrogen and oxygen atoms in total. The number of benzene rings is 1. The van der Waals surface area contributed by atoms with Gasteiger partial charge in [0.2, 0.25) is 0 Å². The van der Waals surface area contributed by atoms with E-state index in [0.717, 1.165) is 5.92 Å². The molecule has 0 amide bonds. The molecule has 0 atom stereocenters. The monoisotopic (exact) mass is 246 g/mol. The molecule has 2 heterocycles. The van der Waals surface area contributed by atoms with Gasteiger partial charge < -0.3 is 5.32 Å². The first-order chi connectivity index (χ1) is 8.31. The first-order valence-corrected chi connectivity index (χ1v) is 7.20. The van der Waals surface area contributed by atoms with Crippen LogP contribution in [0.2, 0.25) is 0 Å². The van der Waals surface area contributed by atoms with Gasteiger partial charge in [0.15, 0.2) is 0 Å². The number of thiazole rings is 1. The van der Waals surface area contributed by atoms with Crippen molar-refractivity contribution in [1.29, 1.82) is 0 Å². The van der Waals surface area contributed by atoms with E-state index in [1.54, 1.807) is 0 Å². The predicted molar refractivity (Wildman–Crippen MR) is 73.7 cm³/mol. The highest BCUT2D eigenvalue weighted by Crippen LogP contribution is 2.26. The summed E-state index contributed by atoms with van der Waals surface area (Å²) in [7, 11) is 0. The lowest BCUT2D eigenvalue weighted by Gasteiger charge is -2.21. The van der Waals surface area contributed by atoms with Crippen molar-refractivity contribution in [3.05, 3.63) is 28.8 Å². The van der Waals surface area contributed by atoms with Crippen molar-refractivity contribution in [2.24, 2.45) is 5.92 Å². The van der Waals surface area contributed by atoms with Crippen molar-refractivity contribution in [2.75, 3.05) is 13.1 Å². The maximum Gasteiger partial charge on any atom is 0.0941 e. The Morgan fingerprint density at radius 3 is 3.00 bits per heavy atom. The van der Waals surface area contributed by atoms with Gasteiger partial charge in [-0.2, -0.15) is 0 Å². The average molecular weight is 246 g/mol. The van der Waals surface area contributed by atoms with Crippen LogP contribution in [0.3, 0.4) is 0 Å². The Bertz CT molecular complexity index is 512. The Morgan fingerprint density at radius 2 is 2.18 bits per heavy atom. The minimum Gasteiger partial charge on any atom is -0.317 e. The largest absolute Gasteiger partial charge is 0.317 e. The highest BCUT2D eigenvalue weighted by atomic mass is 32.1. The molecule has 0 radical (unpaired) electrons. The molecule has 1 aliphatic heterocycles. The van der Waals surface area contributed by atoms with Gasteiger partial charge in [0.1, 0.15) is 0 Å². The minimum absolute atomic E-state index is 0.831. The van der Waals surface area contributed by atoms with Gasteiger partial charge in [-0.05, 0) is 56.5 Å². The number of fused-ring (bicyclic) bond motifs is 1. The lowest BCUT2D eigenvalue weighted by molar-refractivity contribution is 0.372. The lowest BCUT2D eigenvalue weighted by Crippen LogP contribution is -2.28. The second kappa shape index (κ2) is 4.75. The molecule has 1 aromatic heterocycles. The van der Waals surface area contributed by atoms with E-state index in [-0.39, 0.29) is 0 Å². The summed E-state index contributed by atoms with van der Waals surface area (Å²) in [6.45, 7) is 4.48. The fourth-order valence-electron chi connectivity index (χ4n) is 2.51.